The number of nitrogens with zero attached hydrogens (tertiary/aromatic N) is 3. The predicted octanol–water partition coefficient (Wildman–Crippen LogP) is 3.42. The zero-order valence-corrected chi connectivity index (χ0v) is 16.7. The lowest BCUT2D eigenvalue weighted by atomic mass is 9.96. The second kappa shape index (κ2) is 7.99. The third kappa shape index (κ3) is 4.12. The summed E-state index contributed by atoms with van der Waals surface area (Å²) < 4.78 is 1.94. The summed E-state index contributed by atoms with van der Waals surface area (Å²) in [5, 5.41) is 12.1. The van der Waals surface area contributed by atoms with E-state index in [0.717, 1.165) is 35.3 Å². The Balaban J connectivity index is 1.69. The second-order valence-corrected chi connectivity index (χ2v) is 7.67. The summed E-state index contributed by atoms with van der Waals surface area (Å²) in [6, 6.07) is 6.14. The number of thiocarbonyl (C=S) groups is 1. The molecule has 138 valence electrons. The highest BCUT2D eigenvalue weighted by Gasteiger charge is 2.26. The van der Waals surface area contributed by atoms with Crippen molar-refractivity contribution in [1.82, 2.24) is 25.4 Å². The van der Waals surface area contributed by atoms with Gasteiger partial charge in [-0.05, 0) is 50.5 Å². The van der Waals surface area contributed by atoms with E-state index in [9.17, 15) is 0 Å². The molecule has 0 radical (unpaired) electrons. The van der Waals surface area contributed by atoms with Crippen LogP contribution >= 0.6 is 12.2 Å². The van der Waals surface area contributed by atoms with E-state index < -0.39 is 0 Å². The van der Waals surface area contributed by atoms with Crippen molar-refractivity contribution in [3.8, 4) is 5.82 Å². The van der Waals surface area contributed by atoms with Crippen molar-refractivity contribution in [2.24, 2.45) is 5.92 Å². The van der Waals surface area contributed by atoms with E-state index in [0.29, 0.717) is 11.8 Å². The molecule has 0 fully saturated rings. The Kier molecular flexibility index (Phi) is 5.71. The molecule has 0 saturated heterocycles. The van der Waals surface area contributed by atoms with Crippen LogP contribution in [0.15, 0.2) is 36.5 Å². The first-order valence-electron chi connectivity index (χ1n) is 9.16. The van der Waals surface area contributed by atoms with Crippen LogP contribution in [0.5, 0.6) is 0 Å². The molecule has 26 heavy (non-hydrogen) atoms. The molecule has 2 atom stereocenters. The van der Waals surface area contributed by atoms with Gasteiger partial charge in [-0.25, -0.2) is 9.67 Å². The minimum Gasteiger partial charge on any atom is -0.362 e. The Morgan fingerprint density at radius 1 is 1.31 bits per heavy atom. The van der Waals surface area contributed by atoms with Crippen LogP contribution in [0.1, 0.15) is 43.1 Å². The number of hydrogen-bond acceptors (Lipinski definition) is 3. The molecule has 2 aromatic heterocycles. The Morgan fingerprint density at radius 2 is 2.12 bits per heavy atom. The summed E-state index contributed by atoms with van der Waals surface area (Å²) in [7, 11) is 0. The molecular formula is C20H27N5S. The van der Waals surface area contributed by atoms with Gasteiger partial charge in [0.05, 0.1) is 5.69 Å². The van der Waals surface area contributed by atoms with Gasteiger partial charge in [0, 0.05) is 36.0 Å². The first-order chi connectivity index (χ1) is 12.5. The van der Waals surface area contributed by atoms with Crippen LogP contribution < -0.4 is 10.6 Å². The van der Waals surface area contributed by atoms with E-state index in [1.165, 1.54) is 5.56 Å². The minimum atomic E-state index is 0.254. The molecule has 0 saturated carbocycles. The highest BCUT2D eigenvalue weighted by Crippen LogP contribution is 2.33. The summed E-state index contributed by atoms with van der Waals surface area (Å²) >= 11 is 5.40. The maximum absolute atomic E-state index is 5.40. The molecule has 1 aliphatic rings. The largest absolute Gasteiger partial charge is 0.362 e. The quantitative estimate of drug-likeness (QED) is 0.625. The van der Waals surface area contributed by atoms with Gasteiger partial charge in [-0.15, -0.1) is 0 Å². The lowest BCUT2D eigenvalue weighted by molar-refractivity contribution is 0.602. The SMILES string of the molecule is Cc1nn(-c2ccccn2)c(C)c1[C@H]1C=C[C@@H](NC(=S)NCC(C)C)C1. The molecule has 0 aromatic carbocycles. The lowest BCUT2D eigenvalue weighted by Crippen LogP contribution is -2.41. The van der Waals surface area contributed by atoms with Crippen molar-refractivity contribution in [3.63, 3.8) is 0 Å². The Labute approximate surface area is 160 Å². The van der Waals surface area contributed by atoms with Gasteiger partial charge in [-0.2, -0.15) is 5.10 Å². The highest BCUT2D eigenvalue weighted by atomic mass is 32.1. The summed E-state index contributed by atoms with van der Waals surface area (Å²) in [6.45, 7) is 9.43. The average Bonchev–Trinajstić information content (AvgIpc) is 3.17. The fourth-order valence-corrected chi connectivity index (χ4v) is 3.66. The maximum Gasteiger partial charge on any atom is 0.166 e. The molecular weight excluding hydrogens is 342 g/mol. The van der Waals surface area contributed by atoms with Gasteiger partial charge >= 0.3 is 0 Å². The zero-order valence-electron chi connectivity index (χ0n) is 15.9. The van der Waals surface area contributed by atoms with Crippen LogP contribution in [0, 0.1) is 19.8 Å². The Hall–Kier alpha value is -2.21. The van der Waals surface area contributed by atoms with Gasteiger partial charge in [0.15, 0.2) is 10.9 Å². The molecule has 1 aliphatic carbocycles. The second-order valence-electron chi connectivity index (χ2n) is 7.27. The molecule has 0 aliphatic heterocycles. The molecule has 0 bridgehead atoms. The van der Waals surface area contributed by atoms with Crippen molar-refractivity contribution in [2.75, 3.05) is 6.54 Å². The van der Waals surface area contributed by atoms with Gasteiger partial charge in [0.25, 0.3) is 0 Å². The van der Waals surface area contributed by atoms with Crippen LogP contribution in [0.25, 0.3) is 5.82 Å². The van der Waals surface area contributed by atoms with E-state index in [4.69, 9.17) is 17.3 Å². The zero-order chi connectivity index (χ0) is 18.7. The van der Waals surface area contributed by atoms with Gasteiger partial charge < -0.3 is 10.6 Å². The van der Waals surface area contributed by atoms with Crippen molar-refractivity contribution in [1.29, 1.82) is 0 Å². The smallest absolute Gasteiger partial charge is 0.166 e. The third-order valence-corrected chi connectivity index (χ3v) is 4.92. The van der Waals surface area contributed by atoms with E-state index >= 15 is 0 Å². The minimum absolute atomic E-state index is 0.254. The van der Waals surface area contributed by atoms with Crippen molar-refractivity contribution < 1.29 is 0 Å². The predicted molar refractivity (Wildman–Crippen MR) is 110 cm³/mol. The fraction of sp³-hybridized carbons (Fsp3) is 0.450. The summed E-state index contributed by atoms with van der Waals surface area (Å²) in [4.78, 5) is 4.42. The highest BCUT2D eigenvalue weighted by molar-refractivity contribution is 7.80. The number of aryl methyl sites for hydroxylation is 1. The molecule has 6 heteroatoms. The van der Waals surface area contributed by atoms with Gasteiger partial charge in [0.2, 0.25) is 0 Å². The van der Waals surface area contributed by atoms with Gasteiger partial charge in [-0.1, -0.05) is 32.1 Å². The van der Waals surface area contributed by atoms with Crippen LogP contribution in [0.4, 0.5) is 0 Å². The number of nitrogens with one attached hydrogen (secondary N) is 2. The van der Waals surface area contributed by atoms with Crippen LogP contribution in [-0.4, -0.2) is 32.5 Å². The third-order valence-electron chi connectivity index (χ3n) is 4.66. The fourth-order valence-electron chi connectivity index (χ4n) is 3.43. The average molecular weight is 370 g/mol. The van der Waals surface area contributed by atoms with Crippen molar-refractivity contribution in [2.45, 2.75) is 46.1 Å². The molecule has 0 amide bonds. The number of pyridine rings is 1. The summed E-state index contributed by atoms with van der Waals surface area (Å²) in [5.41, 5.74) is 3.50. The molecule has 2 aromatic rings. The van der Waals surface area contributed by atoms with Crippen molar-refractivity contribution >= 4 is 17.3 Å². The van der Waals surface area contributed by atoms with E-state index in [1.54, 1.807) is 6.20 Å². The summed E-state index contributed by atoms with van der Waals surface area (Å²) in [5.74, 6) is 1.78. The van der Waals surface area contributed by atoms with E-state index in [1.807, 2.05) is 22.9 Å². The standard InChI is InChI=1S/C20H27N5S/c1-13(2)12-22-20(26)23-17-9-8-16(11-17)19-14(3)24-25(15(19)4)18-7-5-6-10-21-18/h5-10,13,16-17H,11-12H2,1-4H3,(H2,22,23,26)/t16-,17+/m0/s1. The van der Waals surface area contributed by atoms with Crippen LogP contribution in [0.2, 0.25) is 0 Å². The van der Waals surface area contributed by atoms with E-state index in [-0.39, 0.29) is 6.04 Å². The van der Waals surface area contributed by atoms with Crippen molar-refractivity contribution in [3.05, 3.63) is 53.5 Å². The lowest BCUT2D eigenvalue weighted by Gasteiger charge is -2.18. The molecule has 5 nitrogen and oxygen atoms in total. The van der Waals surface area contributed by atoms with Gasteiger partial charge in [0.1, 0.15) is 0 Å². The number of aromatic nitrogens is 3. The van der Waals surface area contributed by atoms with Crippen LogP contribution in [-0.2, 0) is 0 Å². The van der Waals surface area contributed by atoms with E-state index in [2.05, 4.69) is 55.5 Å². The summed E-state index contributed by atoms with van der Waals surface area (Å²) in [6.07, 6.45) is 7.26. The van der Waals surface area contributed by atoms with Crippen LogP contribution in [0.3, 0.4) is 0 Å². The topological polar surface area (TPSA) is 54.8 Å². The monoisotopic (exact) mass is 369 g/mol. The molecule has 2 heterocycles. The maximum atomic E-state index is 5.40. The molecule has 3 rings (SSSR count). The molecule has 0 unspecified atom stereocenters. The normalized spacial score (nSPS) is 19.1. The number of rotatable bonds is 5. The first-order valence-corrected chi connectivity index (χ1v) is 9.56. The molecule has 0 spiro atoms. The molecule has 2 N–H and O–H groups in total. The number of hydrogen-bond donors (Lipinski definition) is 2. The Morgan fingerprint density at radius 3 is 2.81 bits per heavy atom. The Bertz CT molecular complexity index is 794. The first kappa shape index (κ1) is 18.6. The van der Waals surface area contributed by atoms with Gasteiger partial charge in [-0.3, -0.25) is 0 Å². The number of allylic oxidation sites excluding steroid dienone is 1.